The van der Waals surface area contributed by atoms with Gasteiger partial charge in [0.05, 0.1) is 11.9 Å². The Morgan fingerprint density at radius 1 is 1.29 bits per heavy atom. The first kappa shape index (κ1) is 9.62. The van der Waals surface area contributed by atoms with Gasteiger partial charge in [-0.2, -0.15) is 0 Å². The van der Waals surface area contributed by atoms with E-state index in [0.717, 1.165) is 21.4 Å². The van der Waals surface area contributed by atoms with Crippen LogP contribution in [-0.4, -0.2) is 16.2 Å². The minimum absolute atomic E-state index is 0.748. The molecule has 2 nitrogen and oxygen atoms in total. The summed E-state index contributed by atoms with van der Waals surface area (Å²) in [6.07, 6.45) is 3.82. The van der Waals surface area contributed by atoms with Gasteiger partial charge in [0.1, 0.15) is 0 Å². The Kier molecular flexibility index (Phi) is 2.79. The highest BCUT2D eigenvalue weighted by atomic mass is 35.5. The van der Waals surface area contributed by atoms with Crippen molar-refractivity contribution in [1.82, 2.24) is 9.97 Å². The van der Waals surface area contributed by atoms with E-state index in [-0.39, 0.29) is 0 Å². The molecule has 1 aromatic carbocycles. The standard InChI is InChI=1S/C10H9ClN2S/c1-14-10-12-6-9(13-10)7-2-4-8(11)5-3-7/h2-6H,1H3,(H,12,13). The number of aromatic nitrogens is 2. The highest BCUT2D eigenvalue weighted by molar-refractivity contribution is 7.98. The Morgan fingerprint density at radius 2 is 2.00 bits per heavy atom. The van der Waals surface area contributed by atoms with Crippen LogP contribution in [0.15, 0.2) is 35.6 Å². The van der Waals surface area contributed by atoms with Crippen molar-refractivity contribution in [1.29, 1.82) is 0 Å². The molecule has 1 heterocycles. The average Bonchev–Trinajstić information content (AvgIpc) is 2.67. The number of thioether (sulfide) groups is 1. The molecule has 0 radical (unpaired) electrons. The molecule has 72 valence electrons. The van der Waals surface area contributed by atoms with Crippen LogP contribution in [0.25, 0.3) is 11.3 Å². The first-order valence-corrected chi connectivity index (χ1v) is 5.75. The largest absolute Gasteiger partial charge is 0.333 e. The van der Waals surface area contributed by atoms with Crippen molar-refractivity contribution in [2.24, 2.45) is 0 Å². The summed E-state index contributed by atoms with van der Waals surface area (Å²) in [6.45, 7) is 0. The van der Waals surface area contributed by atoms with Crippen LogP contribution in [0.4, 0.5) is 0 Å². The number of imidazole rings is 1. The fourth-order valence-electron chi connectivity index (χ4n) is 1.18. The van der Waals surface area contributed by atoms with Gasteiger partial charge in [0.2, 0.25) is 0 Å². The summed E-state index contributed by atoms with van der Waals surface area (Å²) in [4.78, 5) is 7.42. The lowest BCUT2D eigenvalue weighted by Gasteiger charge is -1.96. The fourth-order valence-corrected chi connectivity index (χ4v) is 1.68. The first-order valence-electron chi connectivity index (χ1n) is 4.14. The van der Waals surface area contributed by atoms with E-state index < -0.39 is 0 Å². The molecule has 0 saturated carbocycles. The van der Waals surface area contributed by atoms with Gasteiger partial charge in [0, 0.05) is 5.02 Å². The number of aromatic amines is 1. The first-order chi connectivity index (χ1) is 6.79. The molecule has 0 unspecified atom stereocenters. The van der Waals surface area contributed by atoms with Crippen molar-refractivity contribution in [3.05, 3.63) is 35.5 Å². The molecule has 0 bridgehead atoms. The van der Waals surface area contributed by atoms with Gasteiger partial charge in [-0.3, -0.25) is 0 Å². The molecule has 1 N–H and O–H groups in total. The number of hydrogen-bond donors (Lipinski definition) is 1. The van der Waals surface area contributed by atoms with Gasteiger partial charge in [0.25, 0.3) is 0 Å². The van der Waals surface area contributed by atoms with Crippen molar-refractivity contribution >= 4 is 23.4 Å². The molecule has 0 amide bonds. The van der Waals surface area contributed by atoms with Gasteiger partial charge in [-0.25, -0.2) is 4.98 Å². The third-order valence-corrected chi connectivity index (χ3v) is 2.75. The number of halogens is 1. The molecule has 1 aromatic heterocycles. The van der Waals surface area contributed by atoms with Crippen LogP contribution in [0.3, 0.4) is 0 Å². The molecule has 0 saturated heterocycles. The second-order valence-corrected chi connectivity index (χ2v) is 4.04. The number of benzene rings is 1. The molecule has 0 fully saturated rings. The monoisotopic (exact) mass is 224 g/mol. The Hall–Kier alpha value is -0.930. The molecule has 0 spiro atoms. The summed E-state index contributed by atoms with van der Waals surface area (Å²) in [7, 11) is 0. The number of rotatable bonds is 2. The van der Waals surface area contributed by atoms with Gasteiger partial charge in [-0.05, 0) is 24.0 Å². The molecular weight excluding hydrogens is 216 g/mol. The quantitative estimate of drug-likeness (QED) is 0.792. The van der Waals surface area contributed by atoms with E-state index in [0.29, 0.717) is 0 Å². The van der Waals surface area contributed by atoms with E-state index in [2.05, 4.69) is 9.97 Å². The van der Waals surface area contributed by atoms with Crippen LogP contribution >= 0.6 is 23.4 Å². The molecule has 0 aliphatic heterocycles. The van der Waals surface area contributed by atoms with Crippen LogP contribution in [0.5, 0.6) is 0 Å². The zero-order valence-electron chi connectivity index (χ0n) is 7.62. The lowest BCUT2D eigenvalue weighted by molar-refractivity contribution is 1.06. The zero-order chi connectivity index (χ0) is 9.97. The maximum Gasteiger partial charge on any atom is 0.165 e. The van der Waals surface area contributed by atoms with Gasteiger partial charge >= 0.3 is 0 Å². The second kappa shape index (κ2) is 4.07. The molecule has 2 aromatic rings. The summed E-state index contributed by atoms with van der Waals surface area (Å²) in [5.74, 6) is 0. The highest BCUT2D eigenvalue weighted by Gasteiger charge is 2.01. The minimum Gasteiger partial charge on any atom is -0.333 e. The normalized spacial score (nSPS) is 10.4. The van der Waals surface area contributed by atoms with Crippen LogP contribution in [-0.2, 0) is 0 Å². The number of nitrogens with zero attached hydrogens (tertiary/aromatic N) is 1. The van der Waals surface area contributed by atoms with Crippen molar-refractivity contribution < 1.29 is 0 Å². The zero-order valence-corrected chi connectivity index (χ0v) is 9.19. The average molecular weight is 225 g/mol. The number of H-pyrrole nitrogens is 1. The number of hydrogen-bond acceptors (Lipinski definition) is 2. The maximum absolute atomic E-state index is 5.80. The predicted octanol–water partition coefficient (Wildman–Crippen LogP) is 3.45. The van der Waals surface area contributed by atoms with Crippen molar-refractivity contribution in [2.45, 2.75) is 5.16 Å². The van der Waals surface area contributed by atoms with E-state index in [9.17, 15) is 0 Å². The third-order valence-electron chi connectivity index (χ3n) is 1.90. The van der Waals surface area contributed by atoms with Crippen LogP contribution in [0.1, 0.15) is 0 Å². The van der Waals surface area contributed by atoms with E-state index in [1.54, 1.807) is 11.8 Å². The van der Waals surface area contributed by atoms with Crippen molar-refractivity contribution in [2.75, 3.05) is 6.26 Å². The summed E-state index contributed by atoms with van der Waals surface area (Å²) in [6, 6.07) is 7.69. The summed E-state index contributed by atoms with van der Waals surface area (Å²) in [5.41, 5.74) is 2.12. The molecule has 2 rings (SSSR count). The Balaban J connectivity index is 2.34. The van der Waals surface area contributed by atoms with Gasteiger partial charge < -0.3 is 4.98 Å². The smallest absolute Gasteiger partial charge is 0.165 e. The maximum atomic E-state index is 5.80. The van der Waals surface area contributed by atoms with Crippen LogP contribution in [0, 0.1) is 0 Å². The minimum atomic E-state index is 0.748. The topological polar surface area (TPSA) is 28.7 Å². The van der Waals surface area contributed by atoms with E-state index in [4.69, 9.17) is 11.6 Å². The van der Waals surface area contributed by atoms with Crippen molar-refractivity contribution in [3.63, 3.8) is 0 Å². The lowest BCUT2D eigenvalue weighted by atomic mass is 10.2. The van der Waals surface area contributed by atoms with Crippen LogP contribution in [0.2, 0.25) is 5.02 Å². The third kappa shape index (κ3) is 1.94. The SMILES string of the molecule is CSc1ncc(-c2ccc(Cl)cc2)[nH]1. The Morgan fingerprint density at radius 3 is 2.57 bits per heavy atom. The molecule has 0 aliphatic rings. The predicted molar refractivity (Wildman–Crippen MR) is 60.8 cm³/mol. The molecule has 4 heteroatoms. The van der Waals surface area contributed by atoms with Crippen molar-refractivity contribution in [3.8, 4) is 11.3 Å². The summed E-state index contributed by atoms with van der Waals surface area (Å²) in [5, 5.41) is 1.67. The van der Waals surface area contributed by atoms with E-state index in [1.807, 2.05) is 36.7 Å². The molecule has 0 aliphatic carbocycles. The lowest BCUT2D eigenvalue weighted by Crippen LogP contribution is -1.76. The second-order valence-electron chi connectivity index (χ2n) is 2.81. The van der Waals surface area contributed by atoms with Gasteiger partial charge in [-0.15, -0.1) is 0 Å². The highest BCUT2D eigenvalue weighted by Crippen LogP contribution is 2.21. The van der Waals surface area contributed by atoms with Gasteiger partial charge in [-0.1, -0.05) is 35.5 Å². The van der Waals surface area contributed by atoms with E-state index in [1.165, 1.54) is 0 Å². The van der Waals surface area contributed by atoms with E-state index >= 15 is 0 Å². The number of nitrogens with one attached hydrogen (secondary N) is 1. The van der Waals surface area contributed by atoms with Gasteiger partial charge in [0.15, 0.2) is 5.16 Å². The fraction of sp³-hybridized carbons (Fsp3) is 0.100. The van der Waals surface area contributed by atoms with Crippen LogP contribution < -0.4 is 0 Å². The summed E-state index contributed by atoms with van der Waals surface area (Å²) < 4.78 is 0. The molecule has 14 heavy (non-hydrogen) atoms. The summed E-state index contributed by atoms with van der Waals surface area (Å²) >= 11 is 7.40. The molecule has 0 atom stereocenters. The molecular formula is C10H9ClN2S. The Bertz CT molecular complexity index is 422. The Labute approximate surface area is 91.7 Å².